The van der Waals surface area contributed by atoms with E-state index in [-0.39, 0.29) is 10.0 Å². The van der Waals surface area contributed by atoms with Gasteiger partial charge in [0.1, 0.15) is 0 Å². The first-order valence-electron chi connectivity index (χ1n) is 5.23. The number of benzene rings is 1. The number of nitrogens with zero attached hydrogens (tertiary/aromatic N) is 1. The third-order valence-electron chi connectivity index (χ3n) is 2.62. The molecular formula is C12H11Cl2FN2. The Labute approximate surface area is 109 Å². The van der Waals surface area contributed by atoms with E-state index in [9.17, 15) is 4.39 Å². The number of pyridine rings is 1. The van der Waals surface area contributed by atoms with Crippen LogP contribution >= 0.6 is 23.2 Å². The Morgan fingerprint density at radius 1 is 1.35 bits per heavy atom. The summed E-state index contributed by atoms with van der Waals surface area (Å²) in [7, 11) is 1.76. The number of nitrogens with one attached hydrogen (secondary N) is 1. The van der Waals surface area contributed by atoms with Crippen molar-refractivity contribution in [1.29, 1.82) is 0 Å². The van der Waals surface area contributed by atoms with Crippen LogP contribution in [0.25, 0.3) is 10.9 Å². The highest BCUT2D eigenvalue weighted by molar-refractivity contribution is 6.39. The SMILES string of the molecule is CCc1cc(NC)c2c(Cl)c(F)c(Cl)cc2n1. The number of rotatable bonds is 2. The zero-order chi connectivity index (χ0) is 12.6. The summed E-state index contributed by atoms with van der Waals surface area (Å²) in [6.07, 6.45) is 0.789. The van der Waals surface area contributed by atoms with Crippen molar-refractivity contribution in [2.75, 3.05) is 12.4 Å². The zero-order valence-corrected chi connectivity index (χ0v) is 11.0. The molecule has 0 spiro atoms. The molecular weight excluding hydrogens is 262 g/mol. The fourth-order valence-electron chi connectivity index (χ4n) is 1.73. The van der Waals surface area contributed by atoms with Crippen LogP contribution in [0.5, 0.6) is 0 Å². The van der Waals surface area contributed by atoms with Gasteiger partial charge >= 0.3 is 0 Å². The lowest BCUT2D eigenvalue weighted by molar-refractivity contribution is 0.630. The molecule has 0 amide bonds. The number of aromatic nitrogens is 1. The number of hydrogen-bond acceptors (Lipinski definition) is 2. The van der Waals surface area contributed by atoms with Crippen molar-refractivity contribution in [2.45, 2.75) is 13.3 Å². The van der Waals surface area contributed by atoms with Gasteiger partial charge in [-0.2, -0.15) is 0 Å². The minimum absolute atomic E-state index is 0.00648. The Morgan fingerprint density at radius 2 is 2.06 bits per heavy atom. The van der Waals surface area contributed by atoms with Gasteiger partial charge in [0.25, 0.3) is 0 Å². The van der Waals surface area contributed by atoms with Crippen molar-refractivity contribution in [3.8, 4) is 0 Å². The summed E-state index contributed by atoms with van der Waals surface area (Å²) in [5.41, 5.74) is 2.26. The lowest BCUT2D eigenvalue weighted by atomic mass is 10.1. The van der Waals surface area contributed by atoms with Crippen molar-refractivity contribution in [2.24, 2.45) is 0 Å². The molecule has 2 nitrogen and oxygen atoms in total. The maximum atomic E-state index is 13.6. The Hall–Kier alpha value is -1.06. The van der Waals surface area contributed by atoms with Gasteiger partial charge < -0.3 is 5.32 Å². The molecule has 90 valence electrons. The Kier molecular flexibility index (Phi) is 3.40. The Bertz CT molecular complexity index is 584. The Balaban J connectivity index is 2.89. The van der Waals surface area contributed by atoms with Crippen LogP contribution in [0.1, 0.15) is 12.6 Å². The summed E-state index contributed by atoms with van der Waals surface area (Å²) in [6, 6.07) is 3.36. The molecule has 0 unspecified atom stereocenters. The van der Waals surface area contributed by atoms with Gasteiger partial charge in [-0.1, -0.05) is 30.1 Å². The van der Waals surface area contributed by atoms with Gasteiger partial charge in [0, 0.05) is 23.8 Å². The van der Waals surface area contributed by atoms with Crippen molar-refractivity contribution in [3.05, 3.63) is 33.7 Å². The van der Waals surface area contributed by atoms with E-state index in [1.807, 2.05) is 13.0 Å². The topological polar surface area (TPSA) is 24.9 Å². The van der Waals surface area contributed by atoms with E-state index >= 15 is 0 Å². The molecule has 2 rings (SSSR count). The number of aryl methyl sites for hydroxylation is 1. The molecule has 0 aliphatic rings. The predicted molar refractivity (Wildman–Crippen MR) is 70.6 cm³/mol. The molecule has 17 heavy (non-hydrogen) atoms. The summed E-state index contributed by atoms with van der Waals surface area (Å²) in [4.78, 5) is 4.39. The summed E-state index contributed by atoms with van der Waals surface area (Å²) >= 11 is 11.7. The van der Waals surface area contributed by atoms with Gasteiger partial charge in [-0.05, 0) is 18.6 Å². The van der Waals surface area contributed by atoms with Gasteiger partial charge in [-0.25, -0.2) is 4.39 Å². The maximum absolute atomic E-state index is 13.6. The van der Waals surface area contributed by atoms with Crippen LogP contribution in [-0.4, -0.2) is 12.0 Å². The molecule has 0 saturated carbocycles. The smallest absolute Gasteiger partial charge is 0.161 e. The molecule has 1 N–H and O–H groups in total. The standard InChI is InChI=1S/C12H11Cl2FN2/c1-3-6-4-8(16-2)10-9(17-6)5-7(13)12(15)11(10)14/h4-5H,3H2,1-2H3,(H,16,17). The quantitative estimate of drug-likeness (QED) is 0.826. The highest BCUT2D eigenvalue weighted by Gasteiger charge is 2.15. The highest BCUT2D eigenvalue weighted by Crippen LogP contribution is 2.35. The monoisotopic (exact) mass is 272 g/mol. The first-order valence-corrected chi connectivity index (χ1v) is 5.99. The maximum Gasteiger partial charge on any atom is 0.161 e. The summed E-state index contributed by atoms with van der Waals surface area (Å²) < 4.78 is 13.6. The second-order valence-corrected chi connectivity index (χ2v) is 4.43. The Morgan fingerprint density at radius 3 is 2.65 bits per heavy atom. The number of hydrogen-bond donors (Lipinski definition) is 1. The highest BCUT2D eigenvalue weighted by atomic mass is 35.5. The second kappa shape index (κ2) is 4.67. The molecule has 0 bridgehead atoms. The van der Waals surface area contributed by atoms with Crippen molar-refractivity contribution in [1.82, 2.24) is 4.98 Å². The van der Waals surface area contributed by atoms with Crippen molar-refractivity contribution < 1.29 is 4.39 Å². The normalized spacial score (nSPS) is 10.9. The van der Waals surface area contributed by atoms with Crippen LogP contribution in [-0.2, 0) is 6.42 Å². The first kappa shape index (κ1) is 12.4. The van der Waals surface area contributed by atoms with Crippen LogP contribution in [0.3, 0.4) is 0 Å². The minimum atomic E-state index is -0.608. The van der Waals surface area contributed by atoms with E-state index in [2.05, 4.69) is 10.3 Å². The molecule has 1 aromatic carbocycles. The molecule has 1 heterocycles. The minimum Gasteiger partial charge on any atom is -0.387 e. The number of halogens is 3. The second-order valence-electron chi connectivity index (χ2n) is 3.65. The van der Waals surface area contributed by atoms with E-state index in [0.29, 0.717) is 10.9 Å². The van der Waals surface area contributed by atoms with E-state index in [1.54, 1.807) is 7.05 Å². The van der Waals surface area contributed by atoms with E-state index in [1.165, 1.54) is 6.07 Å². The van der Waals surface area contributed by atoms with E-state index in [4.69, 9.17) is 23.2 Å². The third kappa shape index (κ3) is 2.05. The average Bonchev–Trinajstić information content (AvgIpc) is 2.34. The summed E-state index contributed by atoms with van der Waals surface area (Å²) in [6.45, 7) is 2.00. The van der Waals surface area contributed by atoms with Crippen LogP contribution in [0.4, 0.5) is 10.1 Å². The van der Waals surface area contributed by atoms with E-state index < -0.39 is 5.82 Å². The van der Waals surface area contributed by atoms with Crippen LogP contribution < -0.4 is 5.32 Å². The molecule has 0 aliphatic carbocycles. The van der Waals surface area contributed by atoms with E-state index in [0.717, 1.165) is 17.8 Å². The molecule has 5 heteroatoms. The van der Waals surface area contributed by atoms with Gasteiger partial charge in [0.2, 0.25) is 0 Å². The van der Waals surface area contributed by atoms with Gasteiger partial charge in [0.05, 0.1) is 15.6 Å². The van der Waals surface area contributed by atoms with Crippen LogP contribution in [0, 0.1) is 5.82 Å². The summed E-state index contributed by atoms with van der Waals surface area (Å²) in [5, 5.41) is 3.56. The third-order valence-corrected chi connectivity index (χ3v) is 3.25. The molecule has 0 radical (unpaired) electrons. The lowest BCUT2D eigenvalue weighted by Crippen LogP contribution is -1.97. The fourth-order valence-corrected chi connectivity index (χ4v) is 2.28. The van der Waals surface area contributed by atoms with Crippen LogP contribution in [0.2, 0.25) is 10.0 Å². The van der Waals surface area contributed by atoms with Crippen LogP contribution in [0.15, 0.2) is 12.1 Å². The summed E-state index contributed by atoms with van der Waals surface area (Å²) in [5.74, 6) is -0.608. The average molecular weight is 273 g/mol. The molecule has 1 aromatic heterocycles. The zero-order valence-electron chi connectivity index (χ0n) is 9.44. The fraction of sp³-hybridized carbons (Fsp3) is 0.250. The van der Waals surface area contributed by atoms with Gasteiger partial charge in [-0.3, -0.25) is 4.98 Å². The molecule has 0 atom stereocenters. The van der Waals surface area contributed by atoms with Gasteiger partial charge in [-0.15, -0.1) is 0 Å². The largest absolute Gasteiger partial charge is 0.387 e. The lowest BCUT2D eigenvalue weighted by Gasteiger charge is -2.11. The number of anilines is 1. The molecule has 0 saturated heterocycles. The van der Waals surface area contributed by atoms with Gasteiger partial charge in [0.15, 0.2) is 5.82 Å². The number of fused-ring (bicyclic) bond motifs is 1. The first-order chi connectivity index (χ1) is 8.08. The molecule has 2 aromatic rings. The molecule has 0 aliphatic heterocycles. The van der Waals surface area contributed by atoms with Crippen molar-refractivity contribution >= 4 is 39.8 Å². The molecule has 0 fully saturated rings. The predicted octanol–water partition coefficient (Wildman–Crippen LogP) is 4.28. The van der Waals surface area contributed by atoms with Crippen molar-refractivity contribution in [3.63, 3.8) is 0 Å².